The van der Waals surface area contributed by atoms with Gasteiger partial charge in [0.15, 0.2) is 0 Å². The van der Waals surface area contributed by atoms with Crippen LogP contribution in [-0.2, 0) is 11.4 Å². The number of nitrogens with zero attached hydrogens (tertiary/aromatic N) is 1. The number of likely N-dealkylation sites (tertiary alicyclic amines) is 1. The van der Waals surface area contributed by atoms with Crippen LogP contribution in [0.25, 0.3) is 10.1 Å². The van der Waals surface area contributed by atoms with Crippen LogP contribution in [0.5, 0.6) is 5.75 Å². The number of amides is 2. The van der Waals surface area contributed by atoms with E-state index in [1.165, 1.54) is 11.3 Å². The molecule has 8 heteroatoms. The second-order valence-corrected chi connectivity index (χ2v) is 9.75. The van der Waals surface area contributed by atoms with E-state index in [1.807, 2.05) is 30.3 Å². The second kappa shape index (κ2) is 7.45. The fourth-order valence-electron chi connectivity index (χ4n) is 4.00. The Kier molecular flexibility index (Phi) is 4.88. The first-order valence-corrected chi connectivity index (χ1v) is 11.2. The Labute approximate surface area is 187 Å². The average Bonchev–Trinajstić information content (AvgIpc) is 3.29. The number of hydrogen-bond acceptors (Lipinski definition) is 4. The molecule has 2 amide bonds. The van der Waals surface area contributed by atoms with Crippen molar-refractivity contribution in [2.75, 3.05) is 13.1 Å². The zero-order chi connectivity index (χ0) is 20.9. The average molecular weight is 461 g/mol. The maximum absolute atomic E-state index is 12.8. The highest BCUT2D eigenvalue weighted by atomic mass is 35.5. The van der Waals surface area contributed by atoms with Crippen LogP contribution in [0, 0.1) is 0 Å². The van der Waals surface area contributed by atoms with Crippen LogP contribution in [0.15, 0.2) is 42.5 Å². The molecule has 2 aliphatic rings. The quantitative estimate of drug-likeness (QED) is 0.602. The third-order valence-electron chi connectivity index (χ3n) is 5.62. The Morgan fingerprint density at radius 3 is 2.73 bits per heavy atom. The molecule has 0 radical (unpaired) electrons. The van der Waals surface area contributed by atoms with Gasteiger partial charge in [-0.2, -0.15) is 0 Å². The summed E-state index contributed by atoms with van der Waals surface area (Å²) >= 11 is 13.6. The van der Waals surface area contributed by atoms with E-state index in [-0.39, 0.29) is 17.4 Å². The van der Waals surface area contributed by atoms with Crippen molar-refractivity contribution in [2.24, 2.45) is 0 Å². The Bertz CT molecular complexity index is 1170. The zero-order valence-electron chi connectivity index (χ0n) is 15.9. The van der Waals surface area contributed by atoms with Gasteiger partial charge in [-0.05, 0) is 48.2 Å². The van der Waals surface area contributed by atoms with Crippen molar-refractivity contribution in [3.8, 4) is 5.75 Å². The van der Waals surface area contributed by atoms with Crippen LogP contribution in [0.3, 0.4) is 0 Å². The molecule has 0 aliphatic carbocycles. The first-order chi connectivity index (χ1) is 14.4. The molecule has 1 spiro atoms. The summed E-state index contributed by atoms with van der Waals surface area (Å²) in [5.74, 6) is 0.806. The van der Waals surface area contributed by atoms with Crippen molar-refractivity contribution < 1.29 is 14.3 Å². The maximum atomic E-state index is 12.8. The molecule has 3 aromatic rings. The van der Waals surface area contributed by atoms with Crippen molar-refractivity contribution in [1.82, 2.24) is 10.2 Å². The molecule has 2 saturated heterocycles. The SMILES string of the molecule is O=C1CCC2(CN(C(=O)c3cc4ccc(OCc5ccc(Cl)cc5Cl)cc4s3)C2)N1. The number of fused-ring (bicyclic) bond motifs is 1. The number of thiophene rings is 1. The fraction of sp³-hybridized carbons (Fsp3) is 0.273. The molecular formula is C22H18Cl2N2O3S. The van der Waals surface area contributed by atoms with E-state index in [2.05, 4.69) is 5.32 Å². The Morgan fingerprint density at radius 1 is 1.17 bits per heavy atom. The molecular weight excluding hydrogens is 443 g/mol. The Morgan fingerprint density at radius 2 is 2.00 bits per heavy atom. The number of halogens is 2. The summed E-state index contributed by atoms with van der Waals surface area (Å²) in [7, 11) is 0. The highest BCUT2D eigenvalue weighted by Crippen LogP contribution is 2.35. The fourth-order valence-corrected chi connectivity index (χ4v) is 5.52. The van der Waals surface area contributed by atoms with Gasteiger partial charge in [0.05, 0.1) is 10.4 Å². The smallest absolute Gasteiger partial charge is 0.264 e. The first-order valence-electron chi connectivity index (χ1n) is 9.61. The van der Waals surface area contributed by atoms with Gasteiger partial charge in [-0.1, -0.05) is 29.3 Å². The van der Waals surface area contributed by atoms with Gasteiger partial charge >= 0.3 is 0 Å². The lowest BCUT2D eigenvalue weighted by Crippen LogP contribution is -2.68. The van der Waals surface area contributed by atoms with Crippen molar-refractivity contribution in [2.45, 2.75) is 25.0 Å². The maximum Gasteiger partial charge on any atom is 0.264 e. The number of benzene rings is 2. The minimum Gasteiger partial charge on any atom is -0.489 e. The minimum atomic E-state index is -0.201. The molecule has 2 aliphatic heterocycles. The summed E-state index contributed by atoms with van der Waals surface area (Å²) in [6, 6.07) is 13.0. The Balaban J connectivity index is 1.27. The molecule has 5 nitrogen and oxygen atoms in total. The van der Waals surface area contributed by atoms with E-state index in [4.69, 9.17) is 27.9 Å². The van der Waals surface area contributed by atoms with E-state index < -0.39 is 0 Å². The number of ether oxygens (including phenoxy) is 1. The Hall–Kier alpha value is -2.28. The monoisotopic (exact) mass is 460 g/mol. The summed E-state index contributed by atoms with van der Waals surface area (Å²) in [4.78, 5) is 26.8. The molecule has 0 unspecified atom stereocenters. The normalized spacial score (nSPS) is 17.3. The van der Waals surface area contributed by atoms with Crippen molar-refractivity contribution in [3.63, 3.8) is 0 Å². The number of hydrogen-bond donors (Lipinski definition) is 1. The third-order valence-corrected chi connectivity index (χ3v) is 7.29. The lowest BCUT2D eigenvalue weighted by Gasteiger charge is -2.47. The van der Waals surface area contributed by atoms with Gasteiger partial charge in [-0.3, -0.25) is 9.59 Å². The highest BCUT2D eigenvalue weighted by molar-refractivity contribution is 7.20. The zero-order valence-corrected chi connectivity index (χ0v) is 18.2. The number of nitrogens with one attached hydrogen (secondary N) is 1. The molecule has 0 saturated carbocycles. The molecule has 154 valence electrons. The molecule has 1 aromatic heterocycles. The number of carbonyl (C=O) groups excluding carboxylic acids is 2. The van der Waals surface area contributed by atoms with Gasteiger partial charge in [0.1, 0.15) is 12.4 Å². The van der Waals surface area contributed by atoms with Crippen molar-refractivity contribution in [1.29, 1.82) is 0 Å². The summed E-state index contributed by atoms with van der Waals surface area (Å²) in [6.45, 7) is 1.50. The van der Waals surface area contributed by atoms with Crippen LogP contribution in [-0.4, -0.2) is 35.3 Å². The predicted molar refractivity (Wildman–Crippen MR) is 119 cm³/mol. The van der Waals surface area contributed by atoms with Crippen LogP contribution in [0.4, 0.5) is 0 Å². The van der Waals surface area contributed by atoms with Crippen LogP contribution in [0.1, 0.15) is 28.1 Å². The van der Waals surface area contributed by atoms with Crippen LogP contribution < -0.4 is 10.1 Å². The van der Waals surface area contributed by atoms with E-state index in [0.717, 1.165) is 22.1 Å². The molecule has 2 fully saturated rings. The lowest BCUT2D eigenvalue weighted by molar-refractivity contribution is -0.120. The van der Waals surface area contributed by atoms with Gasteiger partial charge in [0, 0.05) is 39.8 Å². The summed E-state index contributed by atoms with van der Waals surface area (Å²) in [6.07, 6.45) is 1.36. The van der Waals surface area contributed by atoms with Gasteiger partial charge < -0.3 is 15.0 Å². The van der Waals surface area contributed by atoms with E-state index >= 15 is 0 Å². The second-order valence-electron chi connectivity index (χ2n) is 7.82. The molecule has 2 aromatic carbocycles. The minimum absolute atomic E-state index is 0.0124. The number of rotatable bonds is 4. The highest BCUT2D eigenvalue weighted by Gasteiger charge is 2.49. The van der Waals surface area contributed by atoms with E-state index in [0.29, 0.717) is 46.8 Å². The van der Waals surface area contributed by atoms with Crippen LogP contribution >= 0.6 is 34.5 Å². The van der Waals surface area contributed by atoms with E-state index in [9.17, 15) is 9.59 Å². The summed E-state index contributed by atoms with van der Waals surface area (Å²) < 4.78 is 6.88. The van der Waals surface area contributed by atoms with Crippen LogP contribution in [0.2, 0.25) is 10.0 Å². The molecule has 5 rings (SSSR count). The third kappa shape index (κ3) is 3.64. The van der Waals surface area contributed by atoms with Gasteiger partial charge in [0.25, 0.3) is 5.91 Å². The molecule has 0 atom stereocenters. The predicted octanol–water partition coefficient (Wildman–Crippen LogP) is 4.89. The van der Waals surface area contributed by atoms with Gasteiger partial charge in [0.2, 0.25) is 5.91 Å². The van der Waals surface area contributed by atoms with Gasteiger partial charge in [-0.15, -0.1) is 11.3 Å². The van der Waals surface area contributed by atoms with Crippen molar-refractivity contribution >= 4 is 56.4 Å². The molecule has 1 N–H and O–H groups in total. The lowest BCUT2D eigenvalue weighted by atomic mass is 9.88. The first kappa shape index (κ1) is 19.7. The molecule has 0 bridgehead atoms. The largest absolute Gasteiger partial charge is 0.489 e. The number of carbonyl (C=O) groups is 2. The summed E-state index contributed by atoms with van der Waals surface area (Å²) in [5.41, 5.74) is 0.654. The van der Waals surface area contributed by atoms with E-state index in [1.54, 1.807) is 17.0 Å². The molecule has 3 heterocycles. The topological polar surface area (TPSA) is 58.6 Å². The summed E-state index contributed by atoms with van der Waals surface area (Å²) in [5, 5.41) is 5.17. The van der Waals surface area contributed by atoms with Crippen molar-refractivity contribution in [3.05, 3.63) is 63.0 Å². The molecule has 30 heavy (non-hydrogen) atoms. The van der Waals surface area contributed by atoms with Gasteiger partial charge in [-0.25, -0.2) is 0 Å². The standard InChI is InChI=1S/C22H18Cl2N2O3S/c23-15-3-1-14(17(24)8-15)10-29-16-4-2-13-7-19(30-18(13)9-16)21(28)26-11-22(12-26)6-5-20(27)25-22/h1-4,7-9H,5-6,10-12H2,(H,25,27).